The van der Waals surface area contributed by atoms with Gasteiger partial charge in [-0.15, -0.1) is 0 Å². The van der Waals surface area contributed by atoms with Gasteiger partial charge in [0.15, 0.2) is 0 Å². The number of benzene rings is 1. The first-order valence-corrected chi connectivity index (χ1v) is 13.3. The maximum Gasteiger partial charge on any atom is 0.242 e. The average Bonchev–Trinajstić information content (AvgIpc) is 3.19. The number of nitrogens with zero attached hydrogens (tertiary/aromatic N) is 4. The molecule has 5 fully saturated rings. The molecule has 0 spiro atoms. The van der Waals surface area contributed by atoms with E-state index in [1.54, 1.807) is 4.90 Å². The van der Waals surface area contributed by atoms with Crippen molar-refractivity contribution in [2.24, 2.45) is 17.6 Å². The third-order valence-electron chi connectivity index (χ3n) is 9.18. The number of hydrogen-bond acceptors (Lipinski definition) is 5. The lowest BCUT2D eigenvalue weighted by atomic mass is 9.80. The summed E-state index contributed by atoms with van der Waals surface area (Å²) in [5.74, 6) is 0.542. The molecule has 3 saturated heterocycles. The van der Waals surface area contributed by atoms with Crippen LogP contribution in [0.15, 0.2) is 24.3 Å². The normalized spacial score (nSPS) is 34.1. The summed E-state index contributed by atoms with van der Waals surface area (Å²) >= 11 is 0. The Bertz CT molecular complexity index is 1040. The molecule has 1 aromatic carbocycles. The minimum absolute atomic E-state index is 0.0244. The Balaban J connectivity index is 1.16. The average molecular weight is 480 g/mol. The van der Waals surface area contributed by atoms with Crippen molar-refractivity contribution in [3.63, 3.8) is 0 Å². The van der Waals surface area contributed by atoms with Crippen LogP contribution in [-0.2, 0) is 9.59 Å². The molecule has 2 amide bonds. The molecular formula is C27H34FN5O2. The second-order valence-electron chi connectivity index (χ2n) is 11.3. The zero-order chi connectivity index (χ0) is 24.3. The number of nitrogens with two attached hydrogens (primary N) is 1. The predicted molar refractivity (Wildman–Crippen MR) is 127 cm³/mol. The number of amides is 2. The van der Waals surface area contributed by atoms with Gasteiger partial charge in [-0.1, -0.05) is 31.4 Å². The van der Waals surface area contributed by atoms with Gasteiger partial charge in [0.05, 0.1) is 24.2 Å². The quantitative estimate of drug-likeness (QED) is 0.677. The highest BCUT2D eigenvalue weighted by Crippen LogP contribution is 2.48. The van der Waals surface area contributed by atoms with Gasteiger partial charge in [0, 0.05) is 25.2 Å². The van der Waals surface area contributed by atoms with E-state index in [-0.39, 0.29) is 47.8 Å². The minimum atomic E-state index is -0.725. The summed E-state index contributed by atoms with van der Waals surface area (Å²) in [6, 6.07) is 7.82. The monoisotopic (exact) mass is 479 g/mol. The first kappa shape index (κ1) is 22.9. The fourth-order valence-electron chi connectivity index (χ4n) is 7.44. The molecule has 2 aliphatic carbocycles. The number of piperidine rings is 1. The van der Waals surface area contributed by atoms with Gasteiger partial charge in [-0.05, 0) is 61.6 Å². The molecule has 0 radical (unpaired) electrons. The molecule has 186 valence electrons. The Morgan fingerprint density at radius 1 is 1.14 bits per heavy atom. The Kier molecular flexibility index (Phi) is 5.81. The summed E-state index contributed by atoms with van der Waals surface area (Å²) in [5, 5.41) is 9.44. The highest BCUT2D eigenvalue weighted by atomic mass is 19.1. The Hall–Kier alpha value is -2.50. The van der Waals surface area contributed by atoms with E-state index in [1.165, 1.54) is 31.4 Å². The molecule has 0 aromatic heterocycles. The molecule has 35 heavy (non-hydrogen) atoms. The number of nitriles is 1. The summed E-state index contributed by atoms with van der Waals surface area (Å²) in [6.07, 6.45) is 8.23. The lowest BCUT2D eigenvalue weighted by Crippen LogP contribution is -2.57. The van der Waals surface area contributed by atoms with Crippen molar-refractivity contribution in [3.05, 3.63) is 35.6 Å². The molecule has 1 aromatic rings. The number of likely N-dealkylation sites (tertiary alicyclic amines) is 3. The van der Waals surface area contributed by atoms with E-state index in [9.17, 15) is 19.2 Å². The summed E-state index contributed by atoms with van der Waals surface area (Å²) in [4.78, 5) is 32.7. The van der Waals surface area contributed by atoms with Crippen LogP contribution >= 0.6 is 0 Å². The third-order valence-corrected chi connectivity index (χ3v) is 9.18. The second kappa shape index (κ2) is 8.86. The van der Waals surface area contributed by atoms with Crippen LogP contribution in [0.5, 0.6) is 0 Å². The fraction of sp³-hybridized carbons (Fsp3) is 0.667. The smallest absolute Gasteiger partial charge is 0.242 e. The van der Waals surface area contributed by atoms with Crippen molar-refractivity contribution >= 4 is 11.8 Å². The number of halogens is 1. The van der Waals surface area contributed by atoms with Gasteiger partial charge in [-0.2, -0.15) is 5.26 Å². The molecule has 2 saturated carbocycles. The first-order valence-electron chi connectivity index (χ1n) is 13.3. The van der Waals surface area contributed by atoms with Gasteiger partial charge < -0.3 is 15.5 Å². The van der Waals surface area contributed by atoms with Gasteiger partial charge in [0.2, 0.25) is 11.8 Å². The van der Waals surface area contributed by atoms with Crippen molar-refractivity contribution in [1.29, 1.82) is 5.26 Å². The highest BCUT2D eigenvalue weighted by Gasteiger charge is 2.56. The molecule has 6 rings (SSSR count). The number of hydrogen-bond donors (Lipinski definition) is 1. The molecule has 5 aliphatic rings. The summed E-state index contributed by atoms with van der Waals surface area (Å²) in [6.45, 7) is 1.05. The predicted octanol–water partition coefficient (Wildman–Crippen LogP) is 2.57. The van der Waals surface area contributed by atoms with E-state index in [0.717, 1.165) is 37.7 Å². The number of rotatable bonds is 6. The zero-order valence-corrected chi connectivity index (χ0v) is 20.1. The number of carbonyl (C=O) groups excluding carboxylic acids is 2. The molecule has 8 heteroatoms. The van der Waals surface area contributed by atoms with Gasteiger partial charge >= 0.3 is 0 Å². The first-order chi connectivity index (χ1) is 17.0. The third kappa shape index (κ3) is 3.93. The van der Waals surface area contributed by atoms with E-state index in [0.29, 0.717) is 24.9 Å². The summed E-state index contributed by atoms with van der Waals surface area (Å²) in [7, 11) is 0. The zero-order valence-electron chi connectivity index (χ0n) is 20.1. The molecular weight excluding hydrogens is 445 g/mol. The van der Waals surface area contributed by atoms with Crippen LogP contribution in [0, 0.1) is 29.0 Å². The molecule has 7 nitrogen and oxygen atoms in total. The van der Waals surface area contributed by atoms with Crippen molar-refractivity contribution < 1.29 is 14.0 Å². The molecule has 1 unspecified atom stereocenters. The molecule has 3 heterocycles. The van der Waals surface area contributed by atoms with Crippen molar-refractivity contribution in [3.8, 4) is 6.07 Å². The number of fused-ring (bicyclic) bond motifs is 3. The number of piperazine rings is 1. The van der Waals surface area contributed by atoms with Gasteiger partial charge in [-0.3, -0.25) is 14.5 Å². The minimum Gasteiger partial charge on any atom is -0.330 e. The van der Waals surface area contributed by atoms with E-state index in [2.05, 4.69) is 15.9 Å². The largest absolute Gasteiger partial charge is 0.330 e. The lowest BCUT2D eigenvalue weighted by Gasteiger charge is -2.43. The van der Waals surface area contributed by atoms with Crippen LogP contribution in [-0.4, -0.2) is 69.8 Å². The van der Waals surface area contributed by atoms with Crippen molar-refractivity contribution in [1.82, 2.24) is 14.7 Å². The maximum absolute atomic E-state index is 13.7. The van der Waals surface area contributed by atoms with E-state index < -0.39 is 6.04 Å². The molecule has 7 atom stereocenters. The second-order valence-corrected chi connectivity index (χ2v) is 11.3. The molecule has 2 N–H and O–H groups in total. The fourth-order valence-corrected chi connectivity index (χ4v) is 7.44. The van der Waals surface area contributed by atoms with Crippen LogP contribution < -0.4 is 5.73 Å². The van der Waals surface area contributed by atoms with Crippen LogP contribution in [0.1, 0.15) is 63.0 Å². The van der Waals surface area contributed by atoms with E-state index in [1.807, 2.05) is 12.1 Å². The van der Waals surface area contributed by atoms with Gasteiger partial charge in [0.1, 0.15) is 11.9 Å². The standard InChI is InChI=1S/C27H34FN5O2/c28-19-8-6-17(7-9-19)25(16-4-2-1-3-5-16)33-21-12-24(27(33)35)31(14-21)15-22(30)26(34)32-20(13-29)10-18-11-23(18)32/h6-9,16,18,20-25H,1-5,10-12,14-15,30H2/t18-,20+,21-,22+,23?,24-,25-/m1/s1. The lowest BCUT2D eigenvalue weighted by molar-refractivity contribution is -0.143. The van der Waals surface area contributed by atoms with Crippen LogP contribution in [0.4, 0.5) is 4.39 Å². The highest BCUT2D eigenvalue weighted by molar-refractivity contribution is 5.87. The van der Waals surface area contributed by atoms with Crippen molar-refractivity contribution in [2.45, 2.75) is 87.6 Å². The Labute approximate surface area is 206 Å². The molecule has 2 bridgehead atoms. The van der Waals surface area contributed by atoms with Crippen molar-refractivity contribution in [2.75, 3.05) is 13.1 Å². The Morgan fingerprint density at radius 3 is 2.57 bits per heavy atom. The van der Waals surface area contributed by atoms with Crippen LogP contribution in [0.2, 0.25) is 0 Å². The Morgan fingerprint density at radius 2 is 1.89 bits per heavy atom. The van der Waals surface area contributed by atoms with Gasteiger partial charge in [-0.25, -0.2) is 4.39 Å². The van der Waals surface area contributed by atoms with Gasteiger partial charge in [0.25, 0.3) is 0 Å². The topological polar surface area (TPSA) is 93.7 Å². The summed E-state index contributed by atoms with van der Waals surface area (Å²) in [5.41, 5.74) is 7.39. The summed E-state index contributed by atoms with van der Waals surface area (Å²) < 4.78 is 13.7. The van der Waals surface area contributed by atoms with Crippen LogP contribution in [0.25, 0.3) is 0 Å². The molecule has 3 aliphatic heterocycles. The maximum atomic E-state index is 13.7. The van der Waals surface area contributed by atoms with E-state index in [4.69, 9.17) is 5.73 Å². The number of carbonyl (C=O) groups is 2. The van der Waals surface area contributed by atoms with E-state index >= 15 is 0 Å². The SMILES string of the molecule is N#C[C@@H]1C[C@@H]2CC2N1C(=O)[C@@H](N)CN1C[C@H]2C[C@@H]1C(=O)N2[C@@H](c1ccc(F)cc1)C1CCCCC1. The van der Waals surface area contributed by atoms with Crippen LogP contribution in [0.3, 0.4) is 0 Å².